The summed E-state index contributed by atoms with van der Waals surface area (Å²) < 4.78 is 5.99. The number of hydrogen-bond acceptors (Lipinski definition) is 5. The molecule has 2 aliphatic rings. The molecule has 6 nitrogen and oxygen atoms in total. The van der Waals surface area contributed by atoms with Crippen LogP contribution in [0.5, 0.6) is 0 Å². The molecule has 1 aromatic heterocycles. The number of nitrogens with zero attached hydrogens (tertiary/aromatic N) is 3. The molecule has 0 N–H and O–H groups in total. The Hall–Kier alpha value is -3.67. The van der Waals surface area contributed by atoms with Crippen molar-refractivity contribution in [3.63, 3.8) is 0 Å². The number of rotatable bonds is 4. The Morgan fingerprint density at radius 3 is 2.56 bits per heavy atom. The minimum Gasteiger partial charge on any atom is -0.456 e. The summed E-state index contributed by atoms with van der Waals surface area (Å²) in [4.78, 5) is 18.3. The van der Waals surface area contributed by atoms with Crippen molar-refractivity contribution in [2.24, 2.45) is 15.8 Å². The van der Waals surface area contributed by atoms with Gasteiger partial charge in [0.15, 0.2) is 0 Å². The van der Waals surface area contributed by atoms with Crippen LogP contribution in [0.15, 0.2) is 70.1 Å². The lowest BCUT2D eigenvalue weighted by Gasteiger charge is -2.44. The Bertz CT molecular complexity index is 1480. The lowest BCUT2D eigenvalue weighted by molar-refractivity contribution is -0.384. The number of hydrogen-bond donors (Lipinski definition) is 0. The fourth-order valence-electron chi connectivity index (χ4n) is 5.95. The summed E-state index contributed by atoms with van der Waals surface area (Å²) >= 11 is 0. The van der Waals surface area contributed by atoms with Gasteiger partial charge in [-0.2, -0.15) is 0 Å². The summed E-state index contributed by atoms with van der Waals surface area (Å²) in [5, 5.41) is 13.6. The van der Waals surface area contributed by atoms with Crippen molar-refractivity contribution in [3.8, 4) is 0 Å². The molecule has 1 saturated carbocycles. The molecular weight excluding hydrogens is 426 g/mol. The van der Waals surface area contributed by atoms with Crippen molar-refractivity contribution in [3.05, 3.63) is 76.3 Å². The number of fused-ring (bicyclic) bond motifs is 5. The number of nitro benzene ring substituents is 1. The second kappa shape index (κ2) is 7.16. The topological polar surface area (TPSA) is 71.9 Å². The summed E-state index contributed by atoms with van der Waals surface area (Å²) in [5.74, 6) is 0. The van der Waals surface area contributed by atoms with Crippen molar-refractivity contribution < 1.29 is 9.34 Å². The van der Waals surface area contributed by atoms with Crippen LogP contribution in [0.2, 0.25) is 0 Å². The van der Waals surface area contributed by atoms with Gasteiger partial charge in [-0.25, -0.2) is 0 Å². The van der Waals surface area contributed by atoms with Gasteiger partial charge in [-0.1, -0.05) is 39.0 Å². The molecule has 1 saturated heterocycles. The number of aliphatic imine (C=N–C) groups is 1. The minimum atomic E-state index is -0.345. The average Bonchev–Trinajstić information content (AvgIpc) is 3.41. The first-order chi connectivity index (χ1) is 16.2. The zero-order valence-electron chi connectivity index (χ0n) is 19.6. The van der Waals surface area contributed by atoms with Gasteiger partial charge in [0, 0.05) is 59.0 Å². The zero-order chi connectivity index (χ0) is 23.7. The van der Waals surface area contributed by atoms with E-state index in [2.05, 4.69) is 25.7 Å². The largest absolute Gasteiger partial charge is 0.456 e. The highest BCUT2D eigenvalue weighted by molar-refractivity contribution is 6.05. The molecule has 6 rings (SSSR count). The van der Waals surface area contributed by atoms with E-state index in [0.717, 1.165) is 58.3 Å². The molecule has 1 aliphatic heterocycles. The summed E-state index contributed by atoms with van der Waals surface area (Å²) in [6.45, 7) is 8.04. The summed E-state index contributed by atoms with van der Waals surface area (Å²) in [6, 6.07) is 19.4. The smallest absolute Gasteiger partial charge is 0.270 e. The van der Waals surface area contributed by atoms with Crippen LogP contribution in [0.3, 0.4) is 0 Å². The van der Waals surface area contributed by atoms with Gasteiger partial charge in [0.1, 0.15) is 11.2 Å². The fraction of sp³-hybridized carbons (Fsp3) is 0.321. The quantitative estimate of drug-likeness (QED) is 0.185. The number of furan rings is 1. The Morgan fingerprint density at radius 1 is 1.03 bits per heavy atom. The third-order valence-corrected chi connectivity index (χ3v) is 8.27. The average molecular weight is 454 g/mol. The third-order valence-electron chi connectivity index (χ3n) is 8.27. The van der Waals surface area contributed by atoms with Crippen LogP contribution in [0.4, 0.5) is 17.1 Å². The summed E-state index contributed by atoms with van der Waals surface area (Å²) in [6.07, 6.45) is 4.03. The number of anilines is 1. The molecule has 172 valence electrons. The third kappa shape index (κ3) is 3.12. The zero-order valence-corrected chi connectivity index (χ0v) is 19.6. The number of non-ortho nitro benzene ring substituents is 1. The van der Waals surface area contributed by atoms with Crippen LogP contribution in [0.25, 0.3) is 21.9 Å². The van der Waals surface area contributed by atoms with E-state index in [0.29, 0.717) is 11.5 Å². The maximum atomic E-state index is 11.5. The molecule has 4 aromatic rings. The number of para-hydroxylation sites is 1. The maximum Gasteiger partial charge on any atom is 0.270 e. The standard InChI is InChI=1S/C28H27N3O3/c1-27(2)14-21-15-28(27,3)17-30(21)24-11-9-20(31(32)33)12-18(24)16-29-19-8-10-23-22-6-4-5-7-25(22)34-26(23)13-19/h4-13,16,21H,14-15,17H2,1-3H3. The predicted molar refractivity (Wildman–Crippen MR) is 136 cm³/mol. The van der Waals surface area contributed by atoms with E-state index >= 15 is 0 Å². The van der Waals surface area contributed by atoms with Crippen LogP contribution >= 0.6 is 0 Å². The Kier molecular flexibility index (Phi) is 4.40. The van der Waals surface area contributed by atoms with E-state index in [4.69, 9.17) is 9.41 Å². The van der Waals surface area contributed by atoms with Gasteiger partial charge in [-0.15, -0.1) is 0 Å². The van der Waals surface area contributed by atoms with Crippen molar-refractivity contribution in [1.29, 1.82) is 0 Å². The summed E-state index contributed by atoms with van der Waals surface area (Å²) in [5.41, 5.74) is 4.78. The molecule has 2 heterocycles. The van der Waals surface area contributed by atoms with Gasteiger partial charge >= 0.3 is 0 Å². The van der Waals surface area contributed by atoms with E-state index in [-0.39, 0.29) is 16.0 Å². The molecule has 0 spiro atoms. The molecule has 0 radical (unpaired) electrons. The van der Waals surface area contributed by atoms with E-state index < -0.39 is 0 Å². The second-order valence-corrected chi connectivity index (χ2v) is 10.7. The molecule has 2 unspecified atom stereocenters. The van der Waals surface area contributed by atoms with Gasteiger partial charge in [0.2, 0.25) is 0 Å². The first-order valence-corrected chi connectivity index (χ1v) is 11.7. The maximum absolute atomic E-state index is 11.5. The van der Waals surface area contributed by atoms with Gasteiger partial charge in [0.25, 0.3) is 5.69 Å². The number of piperidine rings is 1. The highest BCUT2D eigenvalue weighted by atomic mass is 16.6. The molecule has 1 aliphatic carbocycles. The molecule has 6 heteroatoms. The number of benzene rings is 3. The molecule has 3 aromatic carbocycles. The molecule has 34 heavy (non-hydrogen) atoms. The van der Waals surface area contributed by atoms with E-state index in [1.165, 1.54) is 0 Å². The van der Waals surface area contributed by atoms with E-state index in [1.54, 1.807) is 18.3 Å². The summed E-state index contributed by atoms with van der Waals surface area (Å²) in [7, 11) is 0. The predicted octanol–water partition coefficient (Wildman–Crippen LogP) is 7.26. The van der Waals surface area contributed by atoms with E-state index in [1.807, 2.05) is 48.5 Å². The van der Waals surface area contributed by atoms with Crippen molar-refractivity contribution in [2.75, 3.05) is 11.4 Å². The monoisotopic (exact) mass is 453 g/mol. The molecule has 2 atom stereocenters. The lowest BCUT2D eigenvalue weighted by atomic mass is 9.69. The van der Waals surface area contributed by atoms with Gasteiger partial charge in [-0.3, -0.25) is 15.1 Å². The highest BCUT2D eigenvalue weighted by Gasteiger charge is 2.57. The van der Waals surface area contributed by atoms with Gasteiger partial charge in [0.05, 0.1) is 10.6 Å². The van der Waals surface area contributed by atoms with Crippen molar-refractivity contribution >= 4 is 45.2 Å². The first-order valence-electron chi connectivity index (χ1n) is 11.7. The first kappa shape index (κ1) is 20.9. The van der Waals surface area contributed by atoms with Crippen LogP contribution in [-0.2, 0) is 0 Å². The normalized spacial score (nSPS) is 23.5. The van der Waals surface area contributed by atoms with Gasteiger partial charge < -0.3 is 9.32 Å². The second-order valence-electron chi connectivity index (χ2n) is 10.7. The van der Waals surface area contributed by atoms with Crippen LogP contribution in [0, 0.1) is 20.9 Å². The Balaban J connectivity index is 1.38. The SMILES string of the molecule is CC1(C)CC2CC1(C)CN2c1ccc([N+](=O)[O-])cc1C=Nc1ccc2c(c1)oc1ccccc12. The van der Waals surface area contributed by atoms with E-state index in [9.17, 15) is 10.1 Å². The van der Waals surface area contributed by atoms with Crippen LogP contribution in [0.1, 0.15) is 39.2 Å². The van der Waals surface area contributed by atoms with Crippen molar-refractivity contribution in [2.45, 2.75) is 39.7 Å². The minimum absolute atomic E-state index is 0.0776. The highest BCUT2D eigenvalue weighted by Crippen LogP contribution is 2.59. The Morgan fingerprint density at radius 2 is 1.82 bits per heavy atom. The van der Waals surface area contributed by atoms with Crippen LogP contribution < -0.4 is 4.90 Å². The lowest BCUT2D eigenvalue weighted by Crippen LogP contribution is -2.44. The Labute approximate surface area is 198 Å². The van der Waals surface area contributed by atoms with Crippen LogP contribution in [-0.4, -0.2) is 23.7 Å². The molecule has 2 bridgehead atoms. The fourth-order valence-corrected chi connectivity index (χ4v) is 5.95. The van der Waals surface area contributed by atoms with Gasteiger partial charge in [-0.05, 0) is 47.9 Å². The van der Waals surface area contributed by atoms with Crippen molar-refractivity contribution in [1.82, 2.24) is 0 Å². The molecule has 0 amide bonds. The molecular formula is C28H27N3O3. The number of nitro groups is 1. The molecule has 2 fully saturated rings.